The van der Waals surface area contributed by atoms with Gasteiger partial charge in [-0.05, 0) is 24.1 Å². The second kappa shape index (κ2) is 7.11. The Morgan fingerprint density at radius 3 is 2.75 bits per heavy atom. The van der Waals surface area contributed by atoms with Gasteiger partial charge in [0.05, 0.1) is 18.7 Å². The summed E-state index contributed by atoms with van der Waals surface area (Å²) in [7, 11) is 0. The van der Waals surface area contributed by atoms with Crippen LogP contribution in [-0.4, -0.2) is 31.2 Å². The number of anilines is 1. The standard InChI is InChI=1S/C16H19F3N2O3/c1-10(2)6-14(22)20-8-13-9-21(15(23)24-13)12-5-3-4-11(7-12)16(17,18)19/h3-5,7,10,13H,6,8-9H2,1-2H3,(H,20,22). The minimum absolute atomic E-state index is 0.0854. The average Bonchev–Trinajstić information content (AvgIpc) is 2.85. The van der Waals surface area contributed by atoms with Crippen LogP contribution in [0.25, 0.3) is 0 Å². The summed E-state index contributed by atoms with van der Waals surface area (Å²) in [5, 5.41) is 2.66. The fourth-order valence-electron chi connectivity index (χ4n) is 2.36. The molecule has 24 heavy (non-hydrogen) atoms. The van der Waals surface area contributed by atoms with Gasteiger partial charge in [0.2, 0.25) is 5.91 Å². The predicted octanol–water partition coefficient (Wildman–Crippen LogP) is 3.19. The Kier molecular flexibility index (Phi) is 5.36. The zero-order valence-electron chi connectivity index (χ0n) is 13.4. The maximum absolute atomic E-state index is 12.8. The molecule has 0 aromatic heterocycles. The third-order valence-electron chi connectivity index (χ3n) is 3.48. The molecule has 5 nitrogen and oxygen atoms in total. The molecule has 0 saturated carbocycles. The highest BCUT2D eigenvalue weighted by Gasteiger charge is 2.35. The van der Waals surface area contributed by atoms with Crippen LogP contribution in [0.2, 0.25) is 0 Å². The fourth-order valence-corrected chi connectivity index (χ4v) is 2.36. The smallest absolute Gasteiger partial charge is 0.416 e. The minimum atomic E-state index is -4.48. The van der Waals surface area contributed by atoms with E-state index in [-0.39, 0.29) is 30.6 Å². The third-order valence-corrected chi connectivity index (χ3v) is 3.48. The van der Waals surface area contributed by atoms with Gasteiger partial charge in [0.15, 0.2) is 0 Å². The number of carbonyl (C=O) groups is 2. The number of rotatable bonds is 5. The molecular formula is C16H19F3N2O3. The number of carbonyl (C=O) groups excluding carboxylic acids is 2. The van der Waals surface area contributed by atoms with Gasteiger partial charge in [-0.25, -0.2) is 4.79 Å². The highest BCUT2D eigenvalue weighted by atomic mass is 19.4. The summed E-state index contributed by atoms with van der Waals surface area (Å²) in [5.41, 5.74) is -0.715. The normalized spacial score (nSPS) is 18.0. The van der Waals surface area contributed by atoms with E-state index in [9.17, 15) is 22.8 Å². The number of amides is 2. The van der Waals surface area contributed by atoms with Crippen molar-refractivity contribution < 1.29 is 27.5 Å². The monoisotopic (exact) mass is 344 g/mol. The van der Waals surface area contributed by atoms with E-state index in [1.165, 1.54) is 12.1 Å². The van der Waals surface area contributed by atoms with E-state index < -0.39 is 23.9 Å². The van der Waals surface area contributed by atoms with E-state index in [4.69, 9.17) is 4.74 Å². The first-order valence-corrected chi connectivity index (χ1v) is 7.59. The van der Waals surface area contributed by atoms with Crippen molar-refractivity contribution in [2.24, 2.45) is 5.92 Å². The molecule has 1 saturated heterocycles. The number of nitrogens with zero attached hydrogens (tertiary/aromatic N) is 1. The highest BCUT2D eigenvalue weighted by Crippen LogP contribution is 2.32. The Morgan fingerprint density at radius 2 is 2.12 bits per heavy atom. The van der Waals surface area contributed by atoms with Gasteiger partial charge in [0, 0.05) is 12.1 Å². The van der Waals surface area contributed by atoms with Crippen LogP contribution in [0, 0.1) is 5.92 Å². The first-order valence-electron chi connectivity index (χ1n) is 7.59. The number of alkyl halides is 3. The van der Waals surface area contributed by atoms with E-state index in [0.29, 0.717) is 6.42 Å². The molecule has 1 aliphatic heterocycles. The number of ether oxygens (including phenoxy) is 1. The molecular weight excluding hydrogens is 325 g/mol. The van der Waals surface area contributed by atoms with Gasteiger partial charge < -0.3 is 10.1 Å². The zero-order chi connectivity index (χ0) is 17.9. The van der Waals surface area contributed by atoms with Crippen LogP contribution in [0.1, 0.15) is 25.8 Å². The van der Waals surface area contributed by atoms with Crippen LogP contribution >= 0.6 is 0 Å². The maximum atomic E-state index is 12.8. The topological polar surface area (TPSA) is 58.6 Å². The van der Waals surface area contributed by atoms with Crippen molar-refractivity contribution in [2.45, 2.75) is 32.5 Å². The van der Waals surface area contributed by atoms with Crippen LogP contribution in [0.3, 0.4) is 0 Å². The molecule has 0 spiro atoms. The van der Waals surface area contributed by atoms with Crippen LogP contribution in [0.5, 0.6) is 0 Å². The van der Waals surface area contributed by atoms with Crippen molar-refractivity contribution in [2.75, 3.05) is 18.0 Å². The van der Waals surface area contributed by atoms with Crippen LogP contribution < -0.4 is 10.2 Å². The Balaban J connectivity index is 1.99. The van der Waals surface area contributed by atoms with Crippen LogP contribution in [-0.2, 0) is 15.7 Å². The summed E-state index contributed by atoms with van der Waals surface area (Å²) in [4.78, 5) is 24.6. The Hall–Kier alpha value is -2.25. The van der Waals surface area contributed by atoms with Crippen molar-refractivity contribution in [3.63, 3.8) is 0 Å². The van der Waals surface area contributed by atoms with Crippen LogP contribution in [0.4, 0.5) is 23.7 Å². The van der Waals surface area contributed by atoms with Gasteiger partial charge in [-0.2, -0.15) is 13.2 Å². The van der Waals surface area contributed by atoms with E-state index >= 15 is 0 Å². The molecule has 1 atom stereocenters. The second-order valence-corrected chi connectivity index (χ2v) is 6.07. The van der Waals surface area contributed by atoms with Crippen molar-refractivity contribution in [3.8, 4) is 0 Å². The second-order valence-electron chi connectivity index (χ2n) is 6.07. The molecule has 0 aliphatic carbocycles. The molecule has 1 aromatic carbocycles. The molecule has 8 heteroatoms. The Morgan fingerprint density at radius 1 is 1.42 bits per heavy atom. The van der Waals surface area contributed by atoms with Crippen molar-refractivity contribution in [3.05, 3.63) is 29.8 Å². The van der Waals surface area contributed by atoms with Gasteiger partial charge >= 0.3 is 12.3 Å². The maximum Gasteiger partial charge on any atom is 0.416 e. The molecule has 1 N–H and O–H groups in total. The van der Waals surface area contributed by atoms with Gasteiger partial charge in [0.25, 0.3) is 0 Å². The molecule has 2 amide bonds. The molecule has 2 rings (SSSR count). The van der Waals surface area contributed by atoms with E-state index in [2.05, 4.69) is 5.32 Å². The summed E-state index contributed by atoms with van der Waals surface area (Å²) in [6.45, 7) is 4.03. The van der Waals surface area contributed by atoms with E-state index in [0.717, 1.165) is 17.0 Å². The first-order chi connectivity index (χ1) is 11.2. The number of nitrogens with one attached hydrogen (secondary N) is 1. The molecule has 1 aliphatic rings. The predicted molar refractivity (Wildman–Crippen MR) is 81.5 cm³/mol. The lowest BCUT2D eigenvalue weighted by Gasteiger charge is -2.15. The minimum Gasteiger partial charge on any atom is -0.442 e. The van der Waals surface area contributed by atoms with Crippen LogP contribution in [0.15, 0.2) is 24.3 Å². The number of hydrogen-bond donors (Lipinski definition) is 1. The van der Waals surface area contributed by atoms with E-state index in [1.807, 2.05) is 13.8 Å². The highest BCUT2D eigenvalue weighted by molar-refractivity contribution is 5.90. The molecule has 0 bridgehead atoms. The lowest BCUT2D eigenvalue weighted by atomic mass is 10.1. The third kappa shape index (κ3) is 4.62. The van der Waals surface area contributed by atoms with Gasteiger partial charge in [-0.1, -0.05) is 19.9 Å². The lowest BCUT2D eigenvalue weighted by Crippen LogP contribution is -2.35. The lowest BCUT2D eigenvalue weighted by molar-refractivity contribution is -0.137. The summed E-state index contributed by atoms with van der Waals surface area (Å²) in [6.07, 6.45) is -5.44. The molecule has 0 radical (unpaired) electrons. The number of benzene rings is 1. The molecule has 1 heterocycles. The van der Waals surface area contributed by atoms with Gasteiger partial charge in [0.1, 0.15) is 6.10 Å². The first kappa shape index (κ1) is 18.1. The SMILES string of the molecule is CC(C)CC(=O)NCC1CN(c2cccc(C(F)(F)F)c2)C(=O)O1. The molecule has 1 aromatic rings. The summed E-state index contributed by atoms with van der Waals surface area (Å²) >= 11 is 0. The number of hydrogen-bond acceptors (Lipinski definition) is 3. The summed E-state index contributed by atoms with van der Waals surface area (Å²) in [6, 6.07) is 4.49. The number of halogens is 3. The fraction of sp³-hybridized carbons (Fsp3) is 0.500. The van der Waals surface area contributed by atoms with Crippen molar-refractivity contribution >= 4 is 17.7 Å². The Labute approximate surface area is 137 Å². The van der Waals surface area contributed by atoms with E-state index in [1.54, 1.807) is 0 Å². The summed E-state index contributed by atoms with van der Waals surface area (Å²) < 4.78 is 43.4. The Bertz CT molecular complexity index is 617. The quantitative estimate of drug-likeness (QED) is 0.892. The largest absolute Gasteiger partial charge is 0.442 e. The zero-order valence-corrected chi connectivity index (χ0v) is 13.4. The average molecular weight is 344 g/mol. The van der Waals surface area contributed by atoms with Crippen molar-refractivity contribution in [1.82, 2.24) is 5.32 Å². The molecule has 1 unspecified atom stereocenters. The van der Waals surface area contributed by atoms with Crippen molar-refractivity contribution in [1.29, 1.82) is 0 Å². The van der Waals surface area contributed by atoms with Gasteiger partial charge in [-0.15, -0.1) is 0 Å². The van der Waals surface area contributed by atoms with Gasteiger partial charge in [-0.3, -0.25) is 9.69 Å². The summed E-state index contributed by atoms with van der Waals surface area (Å²) in [5.74, 6) is 0.0521. The number of cyclic esters (lactones) is 1. The molecule has 1 fully saturated rings. The molecule has 132 valence electrons.